The highest BCUT2D eigenvalue weighted by atomic mass is 79.9. The van der Waals surface area contributed by atoms with Gasteiger partial charge in [-0.2, -0.15) is 5.10 Å². The van der Waals surface area contributed by atoms with Gasteiger partial charge >= 0.3 is 5.97 Å². The smallest absolute Gasteiger partial charge is 0.341 e. The van der Waals surface area contributed by atoms with Gasteiger partial charge in [0.05, 0.1) is 12.8 Å². The number of carbonyl (C=O) groups excluding carboxylic acids is 1. The van der Waals surface area contributed by atoms with Crippen LogP contribution in [0.4, 0.5) is 0 Å². The largest absolute Gasteiger partial charge is 0.465 e. The van der Waals surface area contributed by atoms with Crippen LogP contribution >= 0.6 is 15.9 Å². The van der Waals surface area contributed by atoms with Gasteiger partial charge in [0.1, 0.15) is 5.56 Å². The fourth-order valence-corrected chi connectivity index (χ4v) is 1.33. The van der Waals surface area contributed by atoms with Crippen molar-refractivity contribution < 1.29 is 9.53 Å². The van der Waals surface area contributed by atoms with Crippen LogP contribution < -0.4 is 0 Å². The predicted octanol–water partition coefficient (Wildman–Crippen LogP) is 1.10. The molecule has 0 unspecified atom stereocenters. The van der Waals surface area contributed by atoms with E-state index in [1.54, 1.807) is 17.9 Å². The van der Waals surface area contributed by atoms with Crippen molar-refractivity contribution >= 4 is 21.9 Å². The molecular formula is C7H9BrN2O2. The minimum atomic E-state index is -0.349. The van der Waals surface area contributed by atoms with E-state index in [1.807, 2.05) is 0 Å². The van der Waals surface area contributed by atoms with E-state index in [0.717, 1.165) is 0 Å². The summed E-state index contributed by atoms with van der Waals surface area (Å²) in [5.74, 6) is -0.349. The van der Waals surface area contributed by atoms with Gasteiger partial charge in [-0.1, -0.05) is 15.9 Å². The van der Waals surface area contributed by atoms with E-state index in [9.17, 15) is 4.79 Å². The van der Waals surface area contributed by atoms with Crippen LogP contribution in [-0.2, 0) is 17.1 Å². The second-order valence-electron chi connectivity index (χ2n) is 2.29. The van der Waals surface area contributed by atoms with Crippen molar-refractivity contribution in [3.8, 4) is 0 Å². The third-order valence-electron chi connectivity index (χ3n) is 1.44. The lowest BCUT2D eigenvalue weighted by Gasteiger charge is -1.94. The first kappa shape index (κ1) is 9.25. The number of aryl methyl sites for hydroxylation is 1. The molecule has 0 atom stereocenters. The molecule has 0 radical (unpaired) electrons. The Morgan fingerprint density at radius 3 is 3.00 bits per heavy atom. The molecule has 0 aliphatic heterocycles. The molecular weight excluding hydrogens is 224 g/mol. The van der Waals surface area contributed by atoms with Crippen molar-refractivity contribution in [2.24, 2.45) is 7.05 Å². The fourth-order valence-electron chi connectivity index (χ4n) is 0.914. The van der Waals surface area contributed by atoms with Crippen LogP contribution in [-0.4, -0.2) is 22.9 Å². The summed E-state index contributed by atoms with van der Waals surface area (Å²) >= 11 is 3.24. The molecule has 0 aliphatic carbocycles. The molecule has 1 rings (SSSR count). The third-order valence-corrected chi connectivity index (χ3v) is 1.97. The highest BCUT2D eigenvalue weighted by molar-refractivity contribution is 9.08. The fraction of sp³-hybridized carbons (Fsp3) is 0.429. The van der Waals surface area contributed by atoms with Crippen LogP contribution in [0.5, 0.6) is 0 Å². The third kappa shape index (κ3) is 1.66. The molecule has 0 aliphatic rings. The lowest BCUT2D eigenvalue weighted by atomic mass is 10.3. The summed E-state index contributed by atoms with van der Waals surface area (Å²) < 4.78 is 6.17. The SMILES string of the molecule is COC(=O)c1cn(C)nc1CBr. The van der Waals surface area contributed by atoms with Crippen LogP contribution in [0.2, 0.25) is 0 Å². The van der Waals surface area contributed by atoms with Gasteiger partial charge in [-0.25, -0.2) is 4.79 Å². The highest BCUT2D eigenvalue weighted by Crippen LogP contribution is 2.10. The predicted molar refractivity (Wildman–Crippen MR) is 47.2 cm³/mol. The Labute approximate surface area is 78.6 Å². The van der Waals surface area contributed by atoms with Crippen LogP contribution in [0, 0.1) is 0 Å². The Kier molecular flexibility index (Phi) is 2.86. The number of halogens is 1. The topological polar surface area (TPSA) is 44.1 Å². The first-order valence-electron chi connectivity index (χ1n) is 3.36. The Bertz CT molecular complexity index is 296. The maximum absolute atomic E-state index is 11.1. The van der Waals surface area contributed by atoms with Crippen LogP contribution in [0.15, 0.2) is 6.20 Å². The van der Waals surface area contributed by atoms with Crippen molar-refractivity contribution in [2.75, 3.05) is 7.11 Å². The summed E-state index contributed by atoms with van der Waals surface area (Å²) in [6.45, 7) is 0. The first-order valence-corrected chi connectivity index (χ1v) is 4.48. The van der Waals surface area contributed by atoms with E-state index >= 15 is 0 Å². The molecule has 0 amide bonds. The highest BCUT2D eigenvalue weighted by Gasteiger charge is 2.14. The molecule has 1 aromatic rings. The molecule has 1 aromatic heterocycles. The molecule has 66 valence electrons. The molecule has 4 nitrogen and oxygen atoms in total. The molecule has 0 saturated heterocycles. The van der Waals surface area contributed by atoms with Crippen molar-refractivity contribution in [2.45, 2.75) is 5.33 Å². The summed E-state index contributed by atoms with van der Waals surface area (Å²) in [6.07, 6.45) is 1.64. The molecule has 12 heavy (non-hydrogen) atoms. The Morgan fingerprint density at radius 1 is 1.83 bits per heavy atom. The summed E-state index contributed by atoms with van der Waals surface area (Å²) in [5.41, 5.74) is 1.21. The lowest BCUT2D eigenvalue weighted by Crippen LogP contribution is -2.02. The number of methoxy groups -OCH3 is 1. The summed E-state index contributed by atoms with van der Waals surface area (Å²) in [4.78, 5) is 11.1. The van der Waals surface area contributed by atoms with E-state index in [2.05, 4.69) is 25.8 Å². The van der Waals surface area contributed by atoms with Gasteiger partial charge in [0, 0.05) is 18.6 Å². The number of alkyl halides is 1. The Morgan fingerprint density at radius 2 is 2.50 bits per heavy atom. The minimum absolute atomic E-state index is 0.349. The first-order chi connectivity index (χ1) is 5.69. The molecule has 0 aromatic carbocycles. The number of ether oxygens (including phenoxy) is 1. The van der Waals surface area contributed by atoms with Gasteiger partial charge in [0.15, 0.2) is 0 Å². The number of esters is 1. The van der Waals surface area contributed by atoms with Gasteiger partial charge in [-0.05, 0) is 0 Å². The molecule has 0 fully saturated rings. The maximum atomic E-state index is 11.1. The van der Waals surface area contributed by atoms with Gasteiger partial charge in [0.2, 0.25) is 0 Å². The van der Waals surface area contributed by atoms with E-state index in [1.165, 1.54) is 7.11 Å². The summed E-state index contributed by atoms with van der Waals surface area (Å²) in [5, 5.41) is 4.62. The number of hydrogen-bond donors (Lipinski definition) is 0. The van der Waals surface area contributed by atoms with Gasteiger partial charge in [-0.3, -0.25) is 4.68 Å². The molecule has 5 heteroatoms. The van der Waals surface area contributed by atoms with Gasteiger partial charge in [-0.15, -0.1) is 0 Å². The monoisotopic (exact) mass is 232 g/mol. The number of hydrogen-bond acceptors (Lipinski definition) is 3. The lowest BCUT2D eigenvalue weighted by molar-refractivity contribution is 0.0600. The maximum Gasteiger partial charge on any atom is 0.341 e. The molecule has 1 heterocycles. The van der Waals surface area contributed by atoms with Gasteiger partial charge < -0.3 is 4.74 Å². The zero-order valence-corrected chi connectivity index (χ0v) is 8.46. The second-order valence-corrected chi connectivity index (χ2v) is 2.85. The normalized spacial score (nSPS) is 9.92. The number of aromatic nitrogens is 2. The second kappa shape index (κ2) is 3.71. The average Bonchev–Trinajstić information content (AvgIpc) is 2.45. The molecule has 0 spiro atoms. The Balaban J connectivity index is 3.04. The summed E-state index contributed by atoms with van der Waals surface area (Å²) in [7, 11) is 3.12. The van der Waals surface area contributed by atoms with Crippen molar-refractivity contribution in [1.29, 1.82) is 0 Å². The Hall–Kier alpha value is -0.840. The average molecular weight is 233 g/mol. The number of nitrogens with zero attached hydrogens (tertiary/aromatic N) is 2. The van der Waals surface area contributed by atoms with Crippen LogP contribution in [0.3, 0.4) is 0 Å². The molecule has 0 N–H and O–H groups in total. The molecule has 0 bridgehead atoms. The van der Waals surface area contributed by atoms with Crippen molar-refractivity contribution in [1.82, 2.24) is 9.78 Å². The van der Waals surface area contributed by atoms with Crippen molar-refractivity contribution in [3.05, 3.63) is 17.5 Å². The van der Waals surface area contributed by atoms with Gasteiger partial charge in [0.25, 0.3) is 0 Å². The van der Waals surface area contributed by atoms with Crippen molar-refractivity contribution in [3.63, 3.8) is 0 Å². The van der Waals surface area contributed by atoms with Crippen LogP contribution in [0.1, 0.15) is 16.1 Å². The van der Waals surface area contributed by atoms with E-state index < -0.39 is 0 Å². The summed E-state index contributed by atoms with van der Waals surface area (Å²) in [6, 6.07) is 0. The number of carbonyl (C=O) groups is 1. The standard InChI is InChI=1S/C7H9BrN2O2/c1-10-4-5(7(11)12-2)6(3-8)9-10/h4H,3H2,1-2H3. The quantitative estimate of drug-likeness (QED) is 0.567. The minimum Gasteiger partial charge on any atom is -0.465 e. The zero-order chi connectivity index (χ0) is 9.14. The van der Waals surface area contributed by atoms with E-state index in [4.69, 9.17) is 0 Å². The van der Waals surface area contributed by atoms with Crippen LogP contribution in [0.25, 0.3) is 0 Å². The van der Waals surface area contributed by atoms with E-state index in [-0.39, 0.29) is 5.97 Å². The number of rotatable bonds is 2. The zero-order valence-electron chi connectivity index (χ0n) is 6.87. The van der Waals surface area contributed by atoms with E-state index in [0.29, 0.717) is 16.6 Å². The molecule has 0 saturated carbocycles.